The van der Waals surface area contributed by atoms with Gasteiger partial charge in [-0.1, -0.05) is 35.2 Å². The molecule has 0 bridgehead atoms. The standard InChI is InChI=1S/C14H13N3O2S2/c1-19-12(18)8-6-9(7-8)20-13-15-16-14-17(13)10-4-2-3-5-11(10)21-14/h2-5,8-9H,6-7H2,1H3. The highest BCUT2D eigenvalue weighted by atomic mass is 32.2. The van der Waals surface area contributed by atoms with Crippen LogP contribution in [0.1, 0.15) is 12.8 Å². The first kappa shape index (κ1) is 13.1. The van der Waals surface area contributed by atoms with Crippen molar-refractivity contribution < 1.29 is 9.53 Å². The Kier molecular flexibility index (Phi) is 3.11. The van der Waals surface area contributed by atoms with Crippen LogP contribution in [0.4, 0.5) is 0 Å². The van der Waals surface area contributed by atoms with Gasteiger partial charge in [0.1, 0.15) is 0 Å². The van der Waals surface area contributed by atoms with E-state index in [0.717, 1.165) is 28.5 Å². The molecule has 0 unspecified atom stereocenters. The second kappa shape index (κ2) is 4.99. The molecule has 1 aromatic carbocycles. The summed E-state index contributed by atoms with van der Waals surface area (Å²) in [5.74, 6) is -0.0469. The molecule has 2 heterocycles. The van der Waals surface area contributed by atoms with Crippen molar-refractivity contribution in [2.24, 2.45) is 5.92 Å². The number of esters is 1. The number of thiazole rings is 1. The number of para-hydroxylation sites is 1. The molecule has 1 fully saturated rings. The normalized spacial score (nSPS) is 21.6. The summed E-state index contributed by atoms with van der Waals surface area (Å²) in [5.41, 5.74) is 1.15. The van der Waals surface area contributed by atoms with Gasteiger partial charge in [-0.3, -0.25) is 9.20 Å². The van der Waals surface area contributed by atoms with Gasteiger partial charge in [0, 0.05) is 5.25 Å². The van der Waals surface area contributed by atoms with Gasteiger partial charge in [-0.15, -0.1) is 10.2 Å². The Labute approximate surface area is 129 Å². The molecule has 0 saturated heterocycles. The molecular weight excluding hydrogens is 306 g/mol. The molecule has 1 aliphatic carbocycles. The molecule has 2 aromatic heterocycles. The van der Waals surface area contributed by atoms with Gasteiger partial charge >= 0.3 is 5.97 Å². The van der Waals surface area contributed by atoms with Gasteiger partial charge < -0.3 is 4.74 Å². The third-order valence-electron chi connectivity index (χ3n) is 3.81. The first-order valence-electron chi connectivity index (χ1n) is 6.73. The van der Waals surface area contributed by atoms with E-state index >= 15 is 0 Å². The molecule has 108 valence electrons. The first-order valence-corrected chi connectivity index (χ1v) is 8.43. The third kappa shape index (κ3) is 2.11. The van der Waals surface area contributed by atoms with Crippen LogP contribution in [0.3, 0.4) is 0 Å². The van der Waals surface area contributed by atoms with Crippen molar-refractivity contribution in [2.75, 3.05) is 7.11 Å². The van der Waals surface area contributed by atoms with E-state index in [1.165, 1.54) is 11.8 Å². The van der Waals surface area contributed by atoms with Gasteiger partial charge in [0.15, 0.2) is 5.16 Å². The molecule has 0 N–H and O–H groups in total. The predicted molar refractivity (Wildman–Crippen MR) is 82.8 cm³/mol. The Morgan fingerprint density at radius 1 is 1.38 bits per heavy atom. The smallest absolute Gasteiger partial charge is 0.308 e. The quantitative estimate of drug-likeness (QED) is 0.695. The highest BCUT2D eigenvalue weighted by molar-refractivity contribution is 7.99. The fraction of sp³-hybridized carbons (Fsp3) is 0.357. The van der Waals surface area contributed by atoms with Crippen LogP contribution in [-0.4, -0.2) is 32.9 Å². The van der Waals surface area contributed by atoms with Crippen LogP contribution >= 0.6 is 23.1 Å². The summed E-state index contributed by atoms with van der Waals surface area (Å²) < 4.78 is 8.09. The molecule has 7 heteroatoms. The summed E-state index contributed by atoms with van der Waals surface area (Å²) in [6.07, 6.45) is 1.71. The molecule has 0 spiro atoms. The van der Waals surface area contributed by atoms with Crippen molar-refractivity contribution in [1.82, 2.24) is 14.6 Å². The van der Waals surface area contributed by atoms with E-state index < -0.39 is 0 Å². The van der Waals surface area contributed by atoms with E-state index in [2.05, 4.69) is 26.7 Å². The number of carbonyl (C=O) groups is 1. The number of hydrogen-bond acceptors (Lipinski definition) is 6. The summed E-state index contributed by atoms with van der Waals surface area (Å²) in [4.78, 5) is 12.3. The van der Waals surface area contributed by atoms with Crippen LogP contribution in [0.5, 0.6) is 0 Å². The fourth-order valence-electron chi connectivity index (χ4n) is 2.60. The zero-order valence-corrected chi connectivity index (χ0v) is 13.0. The minimum absolute atomic E-state index is 0.0510. The van der Waals surface area contributed by atoms with Crippen LogP contribution in [0.2, 0.25) is 0 Å². The van der Waals surface area contributed by atoms with Crippen LogP contribution in [0.25, 0.3) is 15.2 Å². The average Bonchev–Trinajstić information content (AvgIpc) is 3.01. The monoisotopic (exact) mass is 319 g/mol. The molecular formula is C14H13N3O2S2. The Hall–Kier alpha value is -1.60. The molecule has 0 amide bonds. The Balaban J connectivity index is 1.59. The topological polar surface area (TPSA) is 56.5 Å². The van der Waals surface area contributed by atoms with Crippen molar-refractivity contribution in [3.63, 3.8) is 0 Å². The largest absolute Gasteiger partial charge is 0.469 e. The molecule has 1 saturated carbocycles. The molecule has 0 atom stereocenters. The van der Waals surface area contributed by atoms with Crippen LogP contribution in [-0.2, 0) is 9.53 Å². The van der Waals surface area contributed by atoms with Crippen molar-refractivity contribution in [3.05, 3.63) is 24.3 Å². The zero-order chi connectivity index (χ0) is 14.4. The summed E-state index contributed by atoms with van der Waals surface area (Å²) in [5, 5.41) is 9.87. The number of aromatic nitrogens is 3. The van der Waals surface area contributed by atoms with E-state index in [0.29, 0.717) is 5.25 Å². The van der Waals surface area contributed by atoms with E-state index in [9.17, 15) is 4.79 Å². The number of carbonyl (C=O) groups excluding carboxylic acids is 1. The van der Waals surface area contributed by atoms with Gasteiger partial charge in [0.25, 0.3) is 0 Å². The number of fused-ring (bicyclic) bond motifs is 3. The number of benzene rings is 1. The lowest BCUT2D eigenvalue weighted by atomic mass is 9.85. The zero-order valence-electron chi connectivity index (χ0n) is 11.4. The van der Waals surface area contributed by atoms with Crippen LogP contribution in [0.15, 0.2) is 29.4 Å². The predicted octanol–water partition coefficient (Wildman–Crippen LogP) is 2.99. The van der Waals surface area contributed by atoms with Gasteiger partial charge in [-0.05, 0) is 25.0 Å². The highest BCUT2D eigenvalue weighted by Crippen LogP contribution is 2.41. The summed E-state index contributed by atoms with van der Waals surface area (Å²) >= 11 is 3.35. The second-order valence-electron chi connectivity index (χ2n) is 5.10. The molecule has 3 aromatic rings. The minimum atomic E-state index is -0.0979. The molecule has 0 aliphatic heterocycles. The van der Waals surface area contributed by atoms with Crippen molar-refractivity contribution in [2.45, 2.75) is 23.2 Å². The number of methoxy groups -OCH3 is 1. The molecule has 5 nitrogen and oxygen atoms in total. The third-order valence-corrected chi connectivity index (χ3v) is 6.02. The van der Waals surface area contributed by atoms with Crippen molar-refractivity contribution in [1.29, 1.82) is 0 Å². The second-order valence-corrected chi connectivity index (χ2v) is 7.38. The Bertz CT molecular complexity index is 820. The lowest BCUT2D eigenvalue weighted by Crippen LogP contribution is -2.33. The van der Waals surface area contributed by atoms with E-state index in [-0.39, 0.29) is 11.9 Å². The minimum Gasteiger partial charge on any atom is -0.469 e. The maximum Gasteiger partial charge on any atom is 0.308 e. The molecule has 4 rings (SSSR count). The number of ether oxygens (including phenoxy) is 1. The average molecular weight is 319 g/mol. The van der Waals surface area contributed by atoms with Crippen molar-refractivity contribution in [3.8, 4) is 0 Å². The van der Waals surface area contributed by atoms with Gasteiger partial charge in [-0.2, -0.15) is 0 Å². The van der Waals surface area contributed by atoms with E-state index in [4.69, 9.17) is 4.74 Å². The first-order chi connectivity index (χ1) is 10.3. The van der Waals surface area contributed by atoms with Crippen molar-refractivity contribution >= 4 is 44.2 Å². The van der Waals surface area contributed by atoms with E-state index in [1.807, 2.05) is 12.1 Å². The number of thioether (sulfide) groups is 1. The summed E-state index contributed by atoms with van der Waals surface area (Å²) in [7, 11) is 1.45. The number of nitrogens with zero attached hydrogens (tertiary/aromatic N) is 3. The summed E-state index contributed by atoms with van der Waals surface area (Å²) in [6, 6.07) is 8.25. The van der Waals surface area contributed by atoms with E-state index in [1.54, 1.807) is 23.1 Å². The van der Waals surface area contributed by atoms with Gasteiger partial charge in [-0.25, -0.2) is 0 Å². The molecule has 21 heavy (non-hydrogen) atoms. The molecule has 1 aliphatic rings. The van der Waals surface area contributed by atoms with Gasteiger partial charge in [0.2, 0.25) is 4.96 Å². The van der Waals surface area contributed by atoms with Crippen LogP contribution < -0.4 is 0 Å². The Morgan fingerprint density at radius 3 is 3.00 bits per heavy atom. The fourth-order valence-corrected chi connectivity index (χ4v) is 4.96. The number of hydrogen-bond donors (Lipinski definition) is 0. The highest BCUT2D eigenvalue weighted by Gasteiger charge is 2.36. The maximum atomic E-state index is 11.4. The van der Waals surface area contributed by atoms with Gasteiger partial charge in [0.05, 0.1) is 23.2 Å². The number of rotatable bonds is 3. The lowest BCUT2D eigenvalue weighted by Gasteiger charge is -2.31. The molecule has 0 radical (unpaired) electrons. The SMILES string of the molecule is COC(=O)C1CC(Sc2nnc3sc4ccccc4n23)C1. The Morgan fingerprint density at radius 2 is 2.19 bits per heavy atom. The van der Waals surface area contributed by atoms with Crippen LogP contribution in [0, 0.1) is 5.92 Å². The summed E-state index contributed by atoms with van der Waals surface area (Å²) in [6.45, 7) is 0. The maximum absolute atomic E-state index is 11.4. The lowest BCUT2D eigenvalue weighted by molar-refractivity contribution is -0.148.